The Kier molecular flexibility index (Phi) is 5.82. The smallest absolute Gasteiger partial charge is 0.322 e. The maximum atomic E-state index is 13.0. The van der Waals surface area contributed by atoms with Crippen LogP contribution in [0.5, 0.6) is 5.75 Å². The van der Waals surface area contributed by atoms with Crippen LogP contribution in [0.1, 0.15) is 37.3 Å². The van der Waals surface area contributed by atoms with Crippen LogP contribution < -0.4 is 10.1 Å². The Morgan fingerprint density at radius 3 is 2.68 bits per heavy atom. The highest BCUT2D eigenvalue weighted by atomic mass is 35.5. The molecule has 4 nitrogen and oxygen atoms in total. The van der Waals surface area contributed by atoms with Crippen molar-refractivity contribution >= 4 is 23.3 Å². The largest absolute Gasteiger partial charge is 0.495 e. The van der Waals surface area contributed by atoms with Crippen molar-refractivity contribution in [1.82, 2.24) is 4.90 Å². The van der Waals surface area contributed by atoms with Crippen molar-refractivity contribution < 1.29 is 9.53 Å². The molecule has 0 aliphatic carbocycles. The number of amides is 2. The van der Waals surface area contributed by atoms with Crippen LogP contribution in [0.4, 0.5) is 10.5 Å². The molecule has 2 amide bonds. The fourth-order valence-corrected chi connectivity index (χ4v) is 3.62. The van der Waals surface area contributed by atoms with E-state index in [0.29, 0.717) is 16.5 Å². The van der Waals surface area contributed by atoms with Crippen molar-refractivity contribution in [2.24, 2.45) is 0 Å². The van der Waals surface area contributed by atoms with Gasteiger partial charge in [-0.2, -0.15) is 0 Å². The van der Waals surface area contributed by atoms with E-state index in [0.717, 1.165) is 37.8 Å². The minimum absolute atomic E-state index is 0.00842. The first-order chi connectivity index (χ1) is 12.2. The topological polar surface area (TPSA) is 41.6 Å². The zero-order chi connectivity index (χ0) is 17.6. The molecule has 1 unspecified atom stereocenters. The maximum absolute atomic E-state index is 13.0. The van der Waals surface area contributed by atoms with Crippen molar-refractivity contribution in [3.8, 4) is 5.75 Å². The number of benzene rings is 2. The molecule has 3 rings (SSSR count). The van der Waals surface area contributed by atoms with E-state index in [1.807, 2.05) is 53.4 Å². The van der Waals surface area contributed by atoms with Gasteiger partial charge in [-0.3, -0.25) is 0 Å². The van der Waals surface area contributed by atoms with E-state index in [2.05, 4.69) is 5.32 Å². The molecular weight excluding hydrogens is 336 g/mol. The van der Waals surface area contributed by atoms with Crippen molar-refractivity contribution in [2.75, 3.05) is 19.0 Å². The summed E-state index contributed by atoms with van der Waals surface area (Å²) in [5.74, 6) is 0.653. The molecule has 2 aromatic carbocycles. The predicted molar refractivity (Wildman–Crippen MR) is 101 cm³/mol. The quantitative estimate of drug-likeness (QED) is 0.787. The maximum Gasteiger partial charge on any atom is 0.322 e. The molecule has 0 saturated carbocycles. The molecule has 0 aromatic heterocycles. The summed E-state index contributed by atoms with van der Waals surface area (Å²) in [6.45, 7) is 0.719. The first kappa shape index (κ1) is 17.6. The molecular formula is C20H23ClN2O2. The lowest BCUT2D eigenvalue weighted by Crippen LogP contribution is -2.38. The first-order valence-corrected chi connectivity index (χ1v) is 9.03. The van der Waals surface area contributed by atoms with E-state index in [1.54, 1.807) is 7.11 Å². The number of hydrogen-bond acceptors (Lipinski definition) is 2. The Bertz CT molecular complexity index is 735. The highest BCUT2D eigenvalue weighted by molar-refractivity contribution is 6.31. The van der Waals surface area contributed by atoms with Gasteiger partial charge in [0, 0.05) is 11.6 Å². The molecule has 1 heterocycles. The van der Waals surface area contributed by atoms with E-state index < -0.39 is 0 Å². The Hall–Kier alpha value is -2.20. The van der Waals surface area contributed by atoms with E-state index in [9.17, 15) is 4.79 Å². The zero-order valence-corrected chi connectivity index (χ0v) is 15.1. The number of rotatable bonds is 3. The van der Waals surface area contributed by atoms with Gasteiger partial charge in [0.2, 0.25) is 0 Å². The number of carbonyl (C=O) groups is 1. The summed E-state index contributed by atoms with van der Waals surface area (Å²) < 4.78 is 5.33. The lowest BCUT2D eigenvalue weighted by Gasteiger charge is -2.31. The summed E-state index contributed by atoms with van der Waals surface area (Å²) in [4.78, 5) is 14.9. The molecule has 5 heteroatoms. The number of halogens is 1. The minimum atomic E-state index is -0.115. The lowest BCUT2D eigenvalue weighted by molar-refractivity contribution is 0.189. The summed E-state index contributed by atoms with van der Waals surface area (Å²) in [5.41, 5.74) is 1.69. The van der Waals surface area contributed by atoms with Crippen LogP contribution in [-0.4, -0.2) is 24.6 Å². The Morgan fingerprint density at radius 1 is 1.12 bits per heavy atom. The van der Waals surface area contributed by atoms with Gasteiger partial charge in [0.25, 0.3) is 0 Å². The van der Waals surface area contributed by atoms with Crippen molar-refractivity contribution in [1.29, 1.82) is 0 Å². The monoisotopic (exact) mass is 358 g/mol. The molecule has 1 fully saturated rings. The van der Waals surface area contributed by atoms with Crippen LogP contribution in [0.2, 0.25) is 5.02 Å². The van der Waals surface area contributed by atoms with Crippen LogP contribution >= 0.6 is 11.6 Å². The molecule has 132 valence electrons. The van der Waals surface area contributed by atoms with Gasteiger partial charge in [-0.25, -0.2) is 4.79 Å². The normalized spacial score (nSPS) is 17.7. The van der Waals surface area contributed by atoms with Gasteiger partial charge < -0.3 is 15.0 Å². The number of nitrogens with one attached hydrogen (secondary N) is 1. The summed E-state index contributed by atoms with van der Waals surface area (Å²) in [7, 11) is 1.60. The van der Waals surface area contributed by atoms with Gasteiger partial charge >= 0.3 is 6.03 Å². The average Bonchev–Trinajstić information content (AvgIpc) is 2.88. The van der Waals surface area contributed by atoms with Gasteiger partial charge in [-0.15, -0.1) is 0 Å². The van der Waals surface area contributed by atoms with Crippen molar-refractivity contribution in [3.05, 3.63) is 59.1 Å². The summed E-state index contributed by atoms with van der Waals surface area (Å²) in [6, 6.07) is 15.1. The van der Waals surface area contributed by atoms with Gasteiger partial charge in [-0.1, -0.05) is 54.8 Å². The number of para-hydroxylation sites is 2. The molecule has 2 aromatic rings. The van der Waals surface area contributed by atoms with Crippen LogP contribution in [-0.2, 0) is 0 Å². The zero-order valence-electron chi connectivity index (χ0n) is 14.4. The average molecular weight is 359 g/mol. The van der Waals surface area contributed by atoms with Crippen molar-refractivity contribution in [2.45, 2.75) is 31.7 Å². The van der Waals surface area contributed by atoms with E-state index in [-0.39, 0.29) is 12.1 Å². The second kappa shape index (κ2) is 8.26. The number of nitrogens with zero attached hydrogens (tertiary/aromatic N) is 1. The van der Waals surface area contributed by atoms with Crippen LogP contribution in [0.3, 0.4) is 0 Å². The standard InChI is InChI=1S/C20H23ClN2O2/c1-25-19-13-7-6-11-17(19)22-20(24)23-14-8-2-3-12-18(23)15-9-4-5-10-16(15)21/h4-7,9-11,13,18H,2-3,8,12,14H2,1H3,(H,22,24). The number of urea groups is 1. The summed E-state index contributed by atoms with van der Waals surface area (Å²) >= 11 is 6.41. The highest BCUT2D eigenvalue weighted by Crippen LogP contribution is 2.35. The second-order valence-electron chi connectivity index (χ2n) is 6.21. The third-order valence-electron chi connectivity index (χ3n) is 4.63. The molecule has 1 atom stereocenters. The van der Waals surface area contributed by atoms with Crippen LogP contribution in [0.15, 0.2) is 48.5 Å². The molecule has 1 saturated heterocycles. The first-order valence-electron chi connectivity index (χ1n) is 8.66. The summed E-state index contributed by atoms with van der Waals surface area (Å²) in [5, 5.41) is 3.71. The van der Waals surface area contributed by atoms with Gasteiger partial charge in [0.15, 0.2) is 0 Å². The molecule has 0 radical (unpaired) electrons. The number of likely N-dealkylation sites (tertiary alicyclic amines) is 1. The molecule has 0 spiro atoms. The minimum Gasteiger partial charge on any atom is -0.495 e. The third-order valence-corrected chi connectivity index (χ3v) is 4.97. The van der Waals surface area contributed by atoms with Crippen LogP contribution in [0, 0.1) is 0 Å². The van der Waals surface area contributed by atoms with Crippen molar-refractivity contribution in [3.63, 3.8) is 0 Å². The van der Waals surface area contributed by atoms with E-state index in [4.69, 9.17) is 16.3 Å². The molecule has 1 N–H and O–H groups in total. The number of anilines is 1. The molecule has 1 aliphatic heterocycles. The molecule has 25 heavy (non-hydrogen) atoms. The molecule has 1 aliphatic rings. The number of carbonyl (C=O) groups excluding carboxylic acids is 1. The second-order valence-corrected chi connectivity index (χ2v) is 6.62. The fraction of sp³-hybridized carbons (Fsp3) is 0.350. The lowest BCUT2D eigenvalue weighted by atomic mass is 10.0. The molecule has 0 bridgehead atoms. The third kappa shape index (κ3) is 4.07. The van der Waals surface area contributed by atoms with Gasteiger partial charge in [0.05, 0.1) is 18.8 Å². The van der Waals surface area contributed by atoms with E-state index in [1.165, 1.54) is 0 Å². The highest BCUT2D eigenvalue weighted by Gasteiger charge is 2.28. The van der Waals surface area contributed by atoms with Crippen LogP contribution in [0.25, 0.3) is 0 Å². The number of ether oxygens (including phenoxy) is 1. The Morgan fingerprint density at radius 2 is 1.88 bits per heavy atom. The Balaban J connectivity index is 1.86. The Labute approximate surface area is 153 Å². The van der Waals surface area contributed by atoms with Gasteiger partial charge in [-0.05, 0) is 36.6 Å². The SMILES string of the molecule is COc1ccccc1NC(=O)N1CCCCCC1c1ccccc1Cl. The van der Waals surface area contributed by atoms with Gasteiger partial charge in [0.1, 0.15) is 5.75 Å². The number of hydrogen-bond donors (Lipinski definition) is 1. The summed E-state index contributed by atoms with van der Waals surface area (Å²) in [6.07, 6.45) is 4.14. The predicted octanol–water partition coefficient (Wildman–Crippen LogP) is 5.50. The van der Waals surface area contributed by atoms with E-state index >= 15 is 0 Å². The fourth-order valence-electron chi connectivity index (χ4n) is 3.36. The number of methoxy groups -OCH3 is 1.